The molecule has 0 aliphatic carbocycles. The Morgan fingerprint density at radius 2 is 2.18 bits per heavy atom. The number of carbonyl (C=O) groups is 1. The van der Waals surface area contributed by atoms with Gasteiger partial charge < -0.3 is 23.9 Å². The van der Waals surface area contributed by atoms with E-state index < -0.39 is 0 Å². The first-order valence-electron chi connectivity index (χ1n) is 11.1. The van der Waals surface area contributed by atoms with Gasteiger partial charge in [-0.25, -0.2) is 4.98 Å². The lowest BCUT2D eigenvalue weighted by Gasteiger charge is -2.29. The fraction of sp³-hybridized carbons (Fsp3) is 0.400. The lowest BCUT2D eigenvalue weighted by atomic mass is 9.83. The number of piperidine rings is 1. The Morgan fingerprint density at radius 3 is 2.97 bits per heavy atom. The summed E-state index contributed by atoms with van der Waals surface area (Å²) in [6.07, 6.45) is 1.91. The van der Waals surface area contributed by atoms with E-state index in [-0.39, 0.29) is 23.8 Å². The fourth-order valence-electron chi connectivity index (χ4n) is 4.54. The first kappa shape index (κ1) is 21.3. The minimum Gasteiger partial charge on any atom is -0.493 e. The predicted octanol–water partition coefficient (Wildman–Crippen LogP) is 3.34. The Hall–Kier alpha value is -3.57. The molecule has 3 heterocycles. The number of hydrogen-bond donors (Lipinski definition) is 1. The number of oxazole rings is 1. The van der Waals surface area contributed by atoms with Crippen LogP contribution in [0.5, 0.6) is 11.5 Å². The Labute approximate surface area is 191 Å². The van der Waals surface area contributed by atoms with E-state index in [4.69, 9.17) is 18.6 Å². The molecule has 33 heavy (non-hydrogen) atoms. The summed E-state index contributed by atoms with van der Waals surface area (Å²) in [6.45, 7) is 1.83. The van der Waals surface area contributed by atoms with Gasteiger partial charge in [0.05, 0.1) is 25.9 Å². The molecular weight excluding hydrogens is 422 g/mol. The molecule has 2 aromatic carbocycles. The van der Waals surface area contributed by atoms with Crippen LogP contribution in [-0.2, 0) is 16.0 Å². The van der Waals surface area contributed by atoms with Gasteiger partial charge in [-0.2, -0.15) is 5.26 Å². The average Bonchev–Trinajstić information content (AvgIpc) is 3.49. The van der Waals surface area contributed by atoms with Gasteiger partial charge >= 0.3 is 0 Å². The lowest BCUT2D eigenvalue weighted by Crippen LogP contribution is -2.41. The van der Waals surface area contributed by atoms with Crippen LogP contribution in [0.2, 0.25) is 0 Å². The second-order valence-corrected chi connectivity index (χ2v) is 8.46. The highest BCUT2D eigenvalue weighted by Gasteiger charge is 2.32. The number of nitrogens with one attached hydrogen (secondary N) is 1. The Balaban J connectivity index is 1.34. The highest BCUT2D eigenvalue weighted by molar-refractivity contribution is 5.81. The molecule has 0 radical (unpaired) electrons. The number of hydrogen-bond acceptors (Lipinski definition) is 7. The number of para-hydroxylation sites is 1. The number of nitrogens with zero attached hydrogens (tertiary/aromatic N) is 2. The first-order valence-corrected chi connectivity index (χ1v) is 11.1. The Kier molecular flexibility index (Phi) is 5.88. The maximum atomic E-state index is 12.6. The molecule has 1 unspecified atom stereocenters. The number of benzene rings is 2. The van der Waals surface area contributed by atoms with E-state index in [9.17, 15) is 10.1 Å². The third-order valence-corrected chi connectivity index (χ3v) is 6.31. The second-order valence-electron chi connectivity index (χ2n) is 8.46. The van der Waals surface area contributed by atoms with Gasteiger partial charge in [0.15, 0.2) is 23.0 Å². The maximum Gasteiger partial charge on any atom is 0.223 e. The van der Waals surface area contributed by atoms with Crippen molar-refractivity contribution in [3.63, 3.8) is 0 Å². The monoisotopic (exact) mass is 447 g/mol. The van der Waals surface area contributed by atoms with E-state index in [1.165, 1.54) is 0 Å². The smallest absolute Gasteiger partial charge is 0.223 e. The molecule has 1 N–H and O–H groups in total. The van der Waals surface area contributed by atoms with Crippen molar-refractivity contribution >= 4 is 17.0 Å². The zero-order valence-electron chi connectivity index (χ0n) is 18.4. The van der Waals surface area contributed by atoms with Crippen molar-refractivity contribution in [1.29, 1.82) is 5.26 Å². The minimum absolute atomic E-state index is 0.0119. The lowest BCUT2D eigenvalue weighted by molar-refractivity contribution is -0.127. The highest BCUT2D eigenvalue weighted by Crippen LogP contribution is 2.36. The number of rotatable bonds is 6. The second kappa shape index (κ2) is 9.12. The molecule has 1 amide bonds. The molecule has 1 aromatic heterocycles. The number of fused-ring (bicyclic) bond motifs is 1. The van der Waals surface area contributed by atoms with E-state index in [2.05, 4.69) is 16.4 Å². The number of nitriles is 1. The molecule has 0 saturated carbocycles. The van der Waals surface area contributed by atoms with E-state index in [0.29, 0.717) is 66.7 Å². The van der Waals surface area contributed by atoms with Gasteiger partial charge in [0.1, 0.15) is 17.7 Å². The summed E-state index contributed by atoms with van der Waals surface area (Å²) in [5, 5.41) is 12.3. The summed E-state index contributed by atoms with van der Waals surface area (Å²) in [5.74, 6) is 1.68. The zero-order chi connectivity index (χ0) is 22.8. The van der Waals surface area contributed by atoms with Gasteiger partial charge in [0, 0.05) is 31.2 Å². The third-order valence-electron chi connectivity index (χ3n) is 6.31. The Bertz CT molecular complexity index is 1210. The van der Waals surface area contributed by atoms with Gasteiger partial charge in [-0.3, -0.25) is 4.79 Å². The van der Waals surface area contributed by atoms with Crippen molar-refractivity contribution in [2.75, 3.05) is 26.9 Å². The quantitative estimate of drug-likeness (QED) is 0.618. The van der Waals surface area contributed by atoms with Crippen molar-refractivity contribution in [2.45, 2.75) is 31.3 Å². The van der Waals surface area contributed by atoms with Gasteiger partial charge in [0.2, 0.25) is 5.91 Å². The summed E-state index contributed by atoms with van der Waals surface area (Å²) in [5.41, 5.74) is 2.64. The molecule has 0 bridgehead atoms. The van der Waals surface area contributed by atoms with E-state index in [0.717, 1.165) is 12.0 Å². The van der Waals surface area contributed by atoms with Crippen LogP contribution < -0.4 is 14.8 Å². The predicted molar refractivity (Wildman–Crippen MR) is 119 cm³/mol. The van der Waals surface area contributed by atoms with Crippen molar-refractivity contribution in [2.24, 2.45) is 5.92 Å². The van der Waals surface area contributed by atoms with Crippen LogP contribution in [0, 0.1) is 17.2 Å². The topological polar surface area (TPSA) is 107 Å². The molecule has 8 nitrogen and oxygen atoms in total. The zero-order valence-corrected chi connectivity index (χ0v) is 18.4. The van der Waals surface area contributed by atoms with E-state index >= 15 is 0 Å². The van der Waals surface area contributed by atoms with Crippen LogP contribution in [0.4, 0.5) is 0 Å². The number of carbonyl (C=O) groups excluding carboxylic acids is 1. The molecule has 2 fully saturated rings. The van der Waals surface area contributed by atoms with Crippen LogP contribution in [0.15, 0.2) is 40.8 Å². The molecule has 3 aromatic rings. The van der Waals surface area contributed by atoms with Crippen molar-refractivity contribution in [3.05, 3.63) is 53.4 Å². The summed E-state index contributed by atoms with van der Waals surface area (Å²) in [7, 11) is 1.63. The van der Waals surface area contributed by atoms with Crippen LogP contribution in [0.3, 0.4) is 0 Å². The van der Waals surface area contributed by atoms with Gasteiger partial charge in [-0.1, -0.05) is 12.1 Å². The molecule has 170 valence electrons. The summed E-state index contributed by atoms with van der Waals surface area (Å²) >= 11 is 0. The standard InChI is InChI=1S/C25H25N3O5/c1-30-20-6-5-15(10-22(20)32-19-7-8-31-14-19)18-9-17(25(29)27-13-18)11-23-28-24-16(12-26)3-2-4-21(24)33-23/h2-6,10,17-19H,7-9,11,13-14H2,1H3,(H,27,29)/t17-,18-,19?/m1/s1. The minimum atomic E-state index is -0.281. The van der Waals surface area contributed by atoms with Crippen molar-refractivity contribution in [1.82, 2.24) is 10.3 Å². The van der Waals surface area contributed by atoms with Gasteiger partial charge in [0.25, 0.3) is 0 Å². The summed E-state index contributed by atoms with van der Waals surface area (Å²) < 4.78 is 22.9. The summed E-state index contributed by atoms with van der Waals surface area (Å²) in [6, 6.07) is 13.3. The van der Waals surface area contributed by atoms with Crippen LogP contribution >= 0.6 is 0 Å². The normalized spacial score (nSPS) is 22.7. The van der Waals surface area contributed by atoms with Gasteiger partial charge in [-0.05, 0) is 36.2 Å². The van der Waals surface area contributed by atoms with Crippen LogP contribution in [0.1, 0.15) is 35.8 Å². The number of methoxy groups -OCH3 is 1. The van der Waals surface area contributed by atoms with E-state index in [1.807, 2.05) is 18.2 Å². The maximum absolute atomic E-state index is 12.6. The average molecular weight is 447 g/mol. The van der Waals surface area contributed by atoms with Crippen LogP contribution in [-0.4, -0.2) is 43.9 Å². The van der Waals surface area contributed by atoms with Crippen molar-refractivity contribution in [3.8, 4) is 17.6 Å². The molecule has 2 saturated heterocycles. The number of amides is 1. The molecule has 0 spiro atoms. The largest absolute Gasteiger partial charge is 0.493 e. The highest BCUT2D eigenvalue weighted by atomic mass is 16.6. The number of aromatic nitrogens is 1. The van der Waals surface area contributed by atoms with Crippen molar-refractivity contribution < 1.29 is 23.4 Å². The SMILES string of the molecule is COc1ccc([C@H]2CNC(=O)[C@@H](Cc3nc4c(C#N)cccc4o3)C2)cc1OC1CCOC1. The number of ether oxygens (including phenoxy) is 3. The first-order chi connectivity index (χ1) is 16.1. The molecular formula is C25H25N3O5. The summed E-state index contributed by atoms with van der Waals surface area (Å²) in [4.78, 5) is 17.1. The molecule has 3 atom stereocenters. The third kappa shape index (κ3) is 4.37. The van der Waals surface area contributed by atoms with E-state index in [1.54, 1.807) is 25.3 Å². The Morgan fingerprint density at radius 1 is 1.27 bits per heavy atom. The van der Waals surface area contributed by atoms with Gasteiger partial charge in [-0.15, -0.1) is 0 Å². The molecule has 2 aliphatic rings. The molecule has 8 heteroatoms. The molecule has 2 aliphatic heterocycles. The molecule has 5 rings (SSSR count). The fourth-order valence-corrected chi connectivity index (χ4v) is 4.54. The van der Waals surface area contributed by atoms with Crippen LogP contribution in [0.25, 0.3) is 11.1 Å².